The number of carbonyl (C=O) groups excluding carboxylic acids is 1. The molecule has 0 aliphatic heterocycles. The largest absolute Gasteiger partial charge is 0.465 e. The first kappa shape index (κ1) is 15.5. The van der Waals surface area contributed by atoms with Gasteiger partial charge in [0.25, 0.3) is 0 Å². The third-order valence-corrected chi connectivity index (χ3v) is 4.50. The molecule has 6 nitrogen and oxygen atoms in total. The summed E-state index contributed by atoms with van der Waals surface area (Å²) in [6, 6.07) is 4.63. The van der Waals surface area contributed by atoms with Gasteiger partial charge in [0, 0.05) is 12.7 Å². The second-order valence-corrected chi connectivity index (χ2v) is 6.10. The fraction of sp³-hybridized carbons (Fsp3) is 0.417. The minimum Gasteiger partial charge on any atom is -0.465 e. The minimum absolute atomic E-state index is 0.0966. The summed E-state index contributed by atoms with van der Waals surface area (Å²) in [6.45, 7) is 3.22. The molecule has 0 aliphatic rings. The lowest BCUT2D eigenvalue weighted by Crippen LogP contribution is -2.33. The first-order valence-corrected chi connectivity index (χ1v) is 7.21. The molecule has 0 aromatic heterocycles. The van der Waals surface area contributed by atoms with Crippen LogP contribution < -0.4 is 5.73 Å². The van der Waals surface area contributed by atoms with Crippen LogP contribution in [0.5, 0.6) is 0 Å². The number of benzene rings is 1. The van der Waals surface area contributed by atoms with Crippen LogP contribution in [0.15, 0.2) is 23.1 Å². The normalized spacial score (nSPS) is 11.6. The van der Waals surface area contributed by atoms with Crippen molar-refractivity contribution in [2.24, 2.45) is 0 Å². The Hall–Kier alpha value is -1.60. The van der Waals surface area contributed by atoms with E-state index >= 15 is 0 Å². The fourth-order valence-corrected chi connectivity index (χ4v) is 2.91. The van der Waals surface area contributed by atoms with Crippen LogP contribution in [-0.2, 0) is 19.6 Å². The highest BCUT2D eigenvalue weighted by Crippen LogP contribution is 2.21. The van der Waals surface area contributed by atoms with Crippen LogP contribution >= 0.6 is 0 Å². The van der Waals surface area contributed by atoms with Gasteiger partial charge in [0.05, 0.1) is 11.5 Å². The molecule has 19 heavy (non-hydrogen) atoms. The Labute approximate surface area is 113 Å². The monoisotopic (exact) mass is 286 g/mol. The van der Waals surface area contributed by atoms with E-state index in [-0.39, 0.29) is 18.0 Å². The van der Waals surface area contributed by atoms with Crippen LogP contribution in [0.3, 0.4) is 0 Å². The van der Waals surface area contributed by atoms with Gasteiger partial charge in [0.15, 0.2) is 0 Å². The summed E-state index contributed by atoms with van der Waals surface area (Å²) in [5.41, 5.74) is 6.53. The van der Waals surface area contributed by atoms with Crippen molar-refractivity contribution in [1.82, 2.24) is 4.31 Å². The molecule has 0 saturated heterocycles. The third-order valence-electron chi connectivity index (χ3n) is 2.56. The Balaban J connectivity index is 3.03. The second kappa shape index (κ2) is 6.03. The lowest BCUT2D eigenvalue weighted by molar-refractivity contribution is -0.143. The number of sulfonamides is 1. The molecule has 1 rings (SSSR count). The van der Waals surface area contributed by atoms with E-state index in [9.17, 15) is 13.2 Å². The maximum absolute atomic E-state index is 12.3. The van der Waals surface area contributed by atoms with E-state index in [0.717, 1.165) is 4.31 Å². The molecule has 1 aromatic rings. The molecule has 0 spiro atoms. The number of likely N-dealkylation sites (N-methyl/N-ethyl adjacent to an activating group) is 1. The van der Waals surface area contributed by atoms with Gasteiger partial charge in [-0.3, -0.25) is 4.79 Å². The Bertz CT molecular complexity index is 569. The number of nitrogens with two attached hydrogens (primary N) is 1. The van der Waals surface area contributed by atoms with Gasteiger partial charge < -0.3 is 10.5 Å². The number of esters is 1. The number of aryl methyl sites for hydroxylation is 1. The quantitative estimate of drug-likeness (QED) is 0.637. The molecule has 1 aromatic carbocycles. The Morgan fingerprint density at radius 1 is 1.42 bits per heavy atom. The van der Waals surface area contributed by atoms with Crippen molar-refractivity contribution in [2.75, 3.05) is 25.9 Å². The van der Waals surface area contributed by atoms with Crippen LogP contribution in [0.2, 0.25) is 0 Å². The van der Waals surface area contributed by atoms with Gasteiger partial charge in [-0.25, -0.2) is 8.42 Å². The van der Waals surface area contributed by atoms with Crippen molar-refractivity contribution in [3.05, 3.63) is 23.8 Å². The van der Waals surface area contributed by atoms with Crippen molar-refractivity contribution in [3.8, 4) is 0 Å². The van der Waals surface area contributed by atoms with Crippen molar-refractivity contribution < 1.29 is 17.9 Å². The average Bonchev–Trinajstić information content (AvgIpc) is 2.32. The van der Waals surface area contributed by atoms with Crippen LogP contribution in [0.25, 0.3) is 0 Å². The number of hydrogen-bond acceptors (Lipinski definition) is 5. The summed E-state index contributed by atoms with van der Waals surface area (Å²) < 4.78 is 30.3. The lowest BCUT2D eigenvalue weighted by Gasteiger charge is -2.17. The summed E-state index contributed by atoms with van der Waals surface area (Å²) in [5.74, 6) is -0.588. The number of nitrogens with zero attached hydrogens (tertiary/aromatic N) is 1. The number of carbonyl (C=O) groups is 1. The molecule has 106 valence electrons. The standard InChI is InChI=1S/C12H18N2O4S/c1-4-18-12(15)8-14(3)19(16,17)11-7-10(13)6-5-9(11)2/h5-7H,4,8,13H2,1-3H3. The van der Waals surface area contributed by atoms with Crippen LogP contribution in [0, 0.1) is 6.92 Å². The number of ether oxygens (including phenoxy) is 1. The zero-order valence-corrected chi connectivity index (χ0v) is 12.0. The molecule has 0 unspecified atom stereocenters. The van der Waals surface area contributed by atoms with E-state index in [4.69, 9.17) is 10.5 Å². The van der Waals surface area contributed by atoms with Gasteiger partial charge in [0.1, 0.15) is 6.54 Å². The number of anilines is 1. The highest BCUT2D eigenvalue weighted by atomic mass is 32.2. The molecule has 0 fully saturated rings. The van der Waals surface area contributed by atoms with Gasteiger partial charge in [-0.1, -0.05) is 6.07 Å². The summed E-state index contributed by atoms with van der Waals surface area (Å²) in [7, 11) is -2.42. The van der Waals surface area contributed by atoms with Crippen LogP contribution in [0.4, 0.5) is 5.69 Å². The molecule has 0 saturated carbocycles. The molecule has 0 heterocycles. The van der Waals surface area contributed by atoms with Crippen LogP contribution in [-0.4, -0.2) is 38.9 Å². The maximum atomic E-state index is 12.3. The smallest absolute Gasteiger partial charge is 0.321 e. The highest BCUT2D eigenvalue weighted by molar-refractivity contribution is 7.89. The van der Waals surface area contributed by atoms with Crippen molar-refractivity contribution in [1.29, 1.82) is 0 Å². The lowest BCUT2D eigenvalue weighted by atomic mass is 10.2. The molecular formula is C12H18N2O4S. The number of nitrogen functional groups attached to an aromatic ring is 1. The molecule has 0 atom stereocenters. The topological polar surface area (TPSA) is 89.7 Å². The van der Waals surface area contributed by atoms with Gasteiger partial charge in [-0.15, -0.1) is 0 Å². The second-order valence-electron chi connectivity index (χ2n) is 4.09. The molecular weight excluding hydrogens is 268 g/mol. The van der Waals surface area contributed by atoms with E-state index in [2.05, 4.69) is 0 Å². The molecule has 0 radical (unpaired) electrons. The number of hydrogen-bond donors (Lipinski definition) is 1. The molecule has 2 N–H and O–H groups in total. The zero-order chi connectivity index (χ0) is 14.6. The Kier molecular flexibility index (Phi) is 4.90. The number of rotatable bonds is 5. The van der Waals surface area contributed by atoms with Crippen molar-refractivity contribution in [3.63, 3.8) is 0 Å². The fourth-order valence-electron chi connectivity index (χ4n) is 1.54. The van der Waals surface area contributed by atoms with Crippen LogP contribution in [0.1, 0.15) is 12.5 Å². The Morgan fingerprint density at radius 2 is 2.05 bits per heavy atom. The first-order valence-electron chi connectivity index (χ1n) is 5.77. The molecule has 7 heteroatoms. The van der Waals surface area contributed by atoms with Gasteiger partial charge >= 0.3 is 5.97 Å². The SMILES string of the molecule is CCOC(=O)CN(C)S(=O)(=O)c1cc(N)ccc1C. The summed E-state index contributed by atoms with van der Waals surface area (Å²) in [6.07, 6.45) is 0. The molecule has 0 amide bonds. The predicted molar refractivity (Wildman–Crippen MR) is 72.0 cm³/mol. The highest BCUT2D eigenvalue weighted by Gasteiger charge is 2.25. The van der Waals surface area contributed by atoms with Gasteiger partial charge in [-0.2, -0.15) is 4.31 Å². The van der Waals surface area contributed by atoms with Crippen molar-refractivity contribution >= 4 is 21.7 Å². The predicted octanol–water partition coefficient (Wildman–Crippen LogP) is 0.761. The summed E-state index contributed by atoms with van der Waals surface area (Å²) >= 11 is 0. The zero-order valence-electron chi connectivity index (χ0n) is 11.2. The molecule has 0 aliphatic carbocycles. The summed E-state index contributed by atoms with van der Waals surface area (Å²) in [5, 5.41) is 0. The summed E-state index contributed by atoms with van der Waals surface area (Å²) in [4.78, 5) is 11.4. The van der Waals surface area contributed by atoms with Gasteiger partial charge in [-0.05, 0) is 31.5 Å². The first-order chi connectivity index (χ1) is 8.78. The van der Waals surface area contributed by atoms with Crippen molar-refractivity contribution in [2.45, 2.75) is 18.7 Å². The van der Waals surface area contributed by atoms with E-state index < -0.39 is 16.0 Å². The average molecular weight is 286 g/mol. The van der Waals surface area contributed by atoms with Gasteiger partial charge in [0.2, 0.25) is 10.0 Å². The third kappa shape index (κ3) is 3.68. The Morgan fingerprint density at radius 3 is 2.63 bits per heavy atom. The van der Waals surface area contributed by atoms with E-state index in [1.807, 2.05) is 0 Å². The van der Waals surface area contributed by atoms with E-state index in [1.165, 1.54) is 13.1 Å². The minimum atomic E-state index is -3.75. The molecule has 0 bridgehead atoms. The maximum Gasteiger partial charge on any atom is 0.321 e. The van der Waals surface area contributed by atoms with E-state index in [1.54, 1.807) is 26.0 Å². The van der Waals surface area contributed by atoms with E-state index in [0.29, 0.717) is 11.3 Å².